The summed E-state index contributed by atoms with van der Waals surface area (Å²) in [5.74, 6) is 0.788. The SMILES string of the molecule is CC(C=CC=C(C)CCCC(C)C)=CC=CC(C)=CC[P+](c1ccccc1)(c1ccccc1)c1ccccc1.O=S(=O)([O-])O. The van der Waals surface area contributed by atoms with E-state index in [9.17, 15) is 0 Å². The van der Waals surface area contributed by atoms with Crippen molar-refractivity contribution in [2.45, 2.75) is 53.9 Å². The first-order valence-corrected chi connectivity index (χ1v) is 18.3. The van der Waals surface area contributed by atoms with Crippen LogP contribution in [0.15, 0.2) is 150 Å². The maximum absolute atomic E-state index is 8.63. The summed E-state index contributed by atoms with van der Waals surface area (Å²) < 4.78 is 32.8. The van der Waals surface area contributed by atoms with E-state index in [0.717, 1.165) is 12.1 Å². The van der Waals surface area contributed by atoms with Crippen LogP contribution in [-0.2, 0) is 10.4 Å². The molecule has 234 valence electrons. The lowest BCUT2D eigenvalue weighted by Crippen LogP contribution is -2.33. The van der Waals surface area contributed by atoms with Gasteiger partial charge in [0.25, 0.3) is 0 Å². The molecule has 0 unspecified atom stereocenters. The van der Waals surface area contributed by atoms with Crippen molar-refractivity contribution in [1.29, 1.82) is 0 Å². The van der Waals surface area contributed by atoms with Crippen molar-refractivity contribution in [2.75, 3.05) is 6.16 Å². The molecule has 4 nitrogen and oxygen atoms in total. The van der Waals surface area contributed by atoms with Crippen LogP contribution >= 0.6 is 7.26 Å². The minimum atomic E-state index is -4.92. The maximum atomic E-state index is 8.63. The first-order chi connectivity index (χ1) is 20.9. The number of hydrogen-bond donors (Lipinski definition) is 1. The van der Waals surface area contributed by atoms with Crippen LogP contribution in [0, 0.1) is 5.92 Å². The Morgan fingerprint density at radius 3 is 1.59 bits per heavy atom. The number of allylic oxidation sites excluding steroid dienone is 10. The van der Waals surface area contributed by atoms with Gasteiger partial charge < -0.3 is 4.55 Å². The molecular formula is C38H47O4PS. The second kappa shape index (κ2) is 19.1. The second-order valence-corrected chi connectivity index (χ2v) is 15.7. The van der Waals surface area contributed by atoms with E-state index in [1.165, 1.54) is 51.9 Å². The van der Waals surface area contributed by atoms with Crippen molar-refractivity contribution < 1.29 is 17.5 Å². The summed E-state index contributed by atoms with van der Waals surface area (Å²) in [6, 6.07) is 33.3. The molecule has 0 spiro atoms. The molecule has 0 aliphatic carbocycles. The topological polar surface area (TPSA) is 77.4 Å². The molecule has 0 saturated carbocycles. The molecule has 0 aromatic heterocycles. The lowest BCUT2D eigenvalue weighted by Gasteiger charge is -2.26. The van der Waals surface area contributed by atoms with E-state index in [1.807, 2.05) is 0 Å². The van der Waals surface area contributed by atoms with Gasteiger partial charge in [-0.1, -0.05) is 128 Å². The summed E-state index contributed by atoms with van der Waals surface area (Å²) in [5.41, 5.74) is 4.00. The highest BCUT2D eigenvalue weighted by Crippen LogP contribution is 2.55. The molecule has 44 heavy (non-hydrogen) atoms. The number of benzene rings is 3. The van der Waals surface area contributed by atoms with Crippen LogP contribution < -0.4 is 15.9 Å². The van der Waals surface area contributed by atoms with E-state index in [-0.39, 0.29) is 0 Å². The standard InChI is InChI=1S/C38H46P.H2O4S/c1-32(2)18-15-19-33(3)20-16-21-34(4)22-17-23-35(5)30-31-39(36-24-9-6-10-25-36,37-26-11-7-12-27-37)38-28-13-8-14-29-38;1-5(2,3)4/h6-14,16-17,20-30,32H,15,18-19,31H2,1-5H3;(H2,1,2,3,4)/q+1;/p-1. The highest BCUT2D eigenvalue weighted by molar-refractivity contribution is 7.95. The van der Waals surface area contributed by atoms with E-state index >= 15 is 0 Å². The number of rotatable bonds is 13. The van der Waals surface area contributed by atoms with Gasteiger partial charge in [0.1, 0.15) is 23.2 Å². The summed E-state index contributed by atoms with van der Waals surface area (Å²) in [6.07, 6.45) is 20.4. The molecule has 0 aliphatic rings. The first kappa shape index (κ1) is 36.8. The fourth-order valence-electron chi connectivity index (χ4n) is 4.80. The molecular weight excluding hydrogens is 583 g/mol. The summed E-state index contributed by atoms with van der Waals surface area (Å²) in [4.78, 5) is 0. The van der Waals surface area contributed by atoms with E-state index in [1.54, 1.807) is 0 Å². The largest absolute Gasteiger partial charge is 0.726 e. The van der Waals surface area contributed by atoms with Crippen molar-refractivity contribution in [2.24, 2.45) is 5.92 Å². The molecule has 3 aromatic rings. The zero-order valence-corrected chi connectivity index (χ0v) is 28.3. The normalized spacial score (nSPS) is 13.4. The molecule has 0 aliphatic heterocycles. The Balaban J connectivity index is 0.00000125. The van der Waals surface area contributed by atoms with Gasteiger partial charge in [0, 0.05) is 0 Å². The van der Waals surface area contributed by atoms with E-state index in [4.69, 9.17) is 17.5 Å². The Bertz CT molecular complexity index is 1410. The predicted octanol–water partition coefficient (Wildman–Crippen LogP) is 8.76. The second-order valence-electron chi connectivity index (χ2n) is 11.3. The Hall–Kier alpha value is -3.34. The van der Waals surface area contributed by atoms with Crippen LogP contribution in [0.2, 0.25) is 0 Å². The lowest BCUT2D eigenvalue weighted by atomic mass is 10.0. The fraction of sp³-hybridized carbons (Fsp3) is 0.263. The minimum Gasteiger partial charge on any atom is -0.726 e. The van der Waals surface area contributed by atoms with Crippen LogP contribution in [0.1, 0.15) is 53.9 Å². The van der Waals surface area contributed by atoms with Crippen LogP contribution in [0.25, 0.3) is 0 Å². The van der Waals surface area contributed by atoms with Crippen LogP contribution in [0.4, 0.5) is 0 Å². The van der Waals surface area contributed by atoms with Gasteiger partial charge >= 0.3 is 0 Å². The highest BCUT2D eigenvalue weighted by Gasteiger charge is 2.44. The molecule has 6 heteroatoms. The first-order valence-electron chi connectivity index (χ1n) is 15.0. The van der Waals surface area contributed by atoms with Crippen molar-refractivity contribution in [3.63, 3.8) is 0 Å². The zero-order valence-electron chi connectivity index (χ0n) is 26.6. The smallest absolute Gasteiger partial charge is 0.215 e. The fourth-order valence-corrected chi connectivity index (χ4v) is 8.94. The highest BCUT2D eigenvalue weighted by atomic mass is 32.3. The Labute approximate surface area is 266 Å². The predicted molar refractivity (Wildman–Crippen MR) is 191 cm³/mol. The van der Waals surface area contributed by atoms with E-state index < -0.39 is 17.7 Å². The maximum Gasteiger partial charge on any atom is 0.215 e. The van der Waals surface area contributed by atoms with Crippen molar-refractivity contribution in [3.05, 3.63) is 150 Å². The average molecular weight is 631 g/mol. The van der Waals surface area contributed by atoms with E-state index in [0.29, 0.717) is 0 Å². The summed E-state index contributed by atoms with van der Waals surface area (Å²) in [7, 11) is -6.76. The Morgan fingerprint density at radius 1 is 0.750 bits per heavy atom. The van der Waals surface area contributed by atoms with Gasteiger partial charge in [-0.3, -0.25) is 4.55 Å². The van der Waals surface area contributed by atoms with Gasteiger partial charge in [-0.15, -0.1) is 0 Å². The third-order valence-electron chi connectivity index (χ3n) is 7.09. The quantitative estimate of drug-likeness (QED) is 0.0887. The number of hydrogen-bond acceptors (Lipinski definition) is 3. The molecule has 1 N–H and O–H groups in total. The minimum absolute atomic E-state index is 0.788. The van der Waals surface area contributed by atoms with Crippen LogP contribution in [0.3, 0.4) is 0 Å². The molecule has 3 aromatic carbocycles. The van der Waals surface area contributed by atoms with Gasteiger partial charge in [0.05, 0.1) is 6.16 Å². The van der Waals surface area contributed by atoms with Crippen LogP contribution in [0.5, 0.6) is 0 Å². The molecule has 0 amide bonds. The van der Waals surface area contributed by atoms with Crippen LogP contribution in [-0.4, -0.2) is 23.7 Å². The van der Waals surface area contributed by atoms with Crippen molar-refractivity contribution in [3.8, 4) is 0 Å². The third kappa shape index (κ3) is 14.0. The molecule has 0 heterocycles. The molecule has 0 bridgehead atoms. The summed E-state index contributed by atoms with van der Waals surface area (Å²) in [5, 5.41) is 4.26. The van der Waals surface area contributed by atoms with Gasteiger partial charge in [-0.05, 0) is 82.0 Å². The van der Waals surface area contributed by atoms with Crippen molar-refractivity contribution in [1.82, 2.24) is 0 Å². The van der Waals surface area contributed by atoms with Gasteiger partial charge in [-0.25, -0.2) is 8.42 Å². The van der Waals surface area contributed by atoms with E-state index in [2.05, 4.69) is 168 Å². The van der Waals surface area contributed by atoms with Gasteiger partial charge in [0.2, 0.25) is 10.4 Å². The monoisotopic (exact) mass is 630 g/mol. The molecule has 3 rings (SSSR count). The average Bonchev–Trinajstić information content (AvgIpc) is 2.98. The molecule has 0 fully saturated rings. The third-order valence-corrected chi connectivity index (χ3v) is 11.4. The van der Waals surface area contributed by atoms with Crippen molar-refractivity contribution >= 4 is 33.6 Å². The van der Waals surface area contributed by atoms with Gasteiger partial charge in [0.15, 0.2) is 0 Å². The summed E-state index contributed by atoms with van der Waals surface area (Å²) in [6.45, 7) is 11.2. The summed E-state index contributed by atoms with van der Waals surface area (Å²) >= 11 is 0. The van der Waals surface area contributed by atoms with Gasteiger partial charge in [-0.2, -0.15) is 0 Å². The Kier molecular flexibility index (Phi) is 16.0. The molecule has 0 atom stereocenters. The molecule has 0 saturated heterocycles. The lowest BCUT2D eigenvalue weighted by molar-refractivity contribution is 0.366. The molecule has 0 radical (unpaired) electrons. The Morgan fingerprint density at radius 2 is 1.16 bits per heavy atom. The zero-order chi connectivity index (χ0) is 32.4.